The minimum absolute atomic E-state index is 0.0501. The van der Waals surface area contributed by atoms with Crippen LogP contribution in [-0.4, -0.2) is 37.0 Å². The van der Waals surface area contributed by atoms with E-state index in [-0.39, 0.29) is 12.5 Å². The number of nitrogens with one attached hydrogen (secondary N) is 1. The van der Waals surface area contributed by atoms with Gasteiger partial charge in [-0.3, -0.25) is 4.79 Å². The maximum Gasteiger partial charge on any atom is 0.337 e. The molecule has 2 aromatic carbocycles. The van der Waals surface area contributed by atoms with Crippen molar-refractivity contribution in [3.8, 4) is 0 Å². The number of carbonyl (C=O) groups is 2. The van der Waals surface area contributed by atoms with Gasteiger partial charge in [0.2, 0.25) is 5.91 Å². The smallest absolute Gasteiger partial charge is 0.337 e. The van der Waals surface area contributed by atoms with E-state index in [9.17, 15) is 9.59 Å². The number of amides is 1. The van der Waals surface area contributed by atoms with Crippen molar-refractivity contribution >= 4 is 29.2 Å². The fraction of sp³-hybridized carbons (Fsp3) is 0.263. The molecular formula is C19H21ClN2O3. The van der Waals surface area contributed by atoms with Gasteiger partial charge in [-0.2, -0.15) is 0 Å². The van der Waals surface area contributed by atoms with Crippen molar-refractivity contribution in [3.05, 3.63) is 64.7 Å². The lowest BCUT2D eigenvalue weighted by molar-refractivity contribution is -0.129. The second-order valence-electron chi connectivity index (χ2n) is 5.43. The number of hydrogen-bond donors (Lipinski definition) is 1. The maximum atomic E-state index is 12.5. The van der Waals surface area contributed by atoms with Crippen LogP contribution in [0.25, 0.3) is 0 Å². The average Bonchev–Trinajstić information content (AvgIpc) is 2.65. The van der Waals surface area contributed by atoms with Gasteiger partial charge in [-0.25, -0.2) is 4.79 Å². The Balaban J connectivity index is 2.01. The summed E-state index contributed by atoms with van der Waals surface area (Å²) in [6.07, 6.45) is 0. The van der Waals surface area contributed by atoms with Gasteiger partial charge < -0.3 is 15.0 Å². The highest BCUT2D eigenvalue weighted by Crippen LogP contribution is 2.23. The van der Waals surface area contributed by atoms with E-state index >= 15 is 0 Å². The molecule has 1 N–H and O–H groups in total. The topological polar surface area (TPSA) is 58.6 Å². The van der Waals surface area contributed by atoms with Crippen LogP contribution in [0, 0.1) is 0 Å². The Hall–Kier alpha value is -2.53. The van der Waals surface area contributed by atoms with Crippen LogP contribution in [0.4, 0.5) is 5.69 Å². The lowest BCUT2D eigenvalue weighted by atomic mass is 10.2. The van der Waals surface area contributed by atoms with Crippen molar-refractivity contribution < 1.29 is 14.3 Å². The predicted molar refractivity (Wildman–Crippen MR) is 98.8 cm³/mol. The van der Waals surface area contributed by atoms with Crippen LogP contribution in [0.15, 0.2) is 48.5 Å². The predicted octanol–water partition coefficient (Wildman–Crippen LogP) is 3.59. The SMILES string of the molecule is CCN(Cc1ccccc1)C(=O)CNc1cc(C(=O)OC)ccc1Cl. The number of methoxy groups -OCH3 is 1. The van der Waals surface area contributed by atoms with E-state index in [0.717, 1.165) is 5.56 Å². The van der Waals surface area contributed by atoms with Crippen LogP contribution in [-0.2, 0) is 16.1 Å². The monoisotopic (exact) mass is 360 g/mol. The molecule has 0 saturated carbocycles. The second-order valence-corrected chi connectivity index (χ2v) is 5.84. The molecule has 0 saturated heterocycles. The molecule has 132 valence electrons. The summed E-state index contributed by atoms with van der Waals surface area (Å²) in [5, 5.41) is 3.44. The zero-order chi connectivity index (χ0) is 18.2. The molecule has 0 radical (unpaired) electrons. The van der Waals surface area contributed by atoms with Crippen LogP contribution in [0.5, 0.6) is 0 Å². The molecule has 0 atom stereocenters. The van der Waals surface area contributed by atoms with E-state index in [4.69, 9.17) is 16.3 Å². The molecule has 25 heavy (non-hydrogen) atoms. The Morgan fingerprint density at radius 3 is 2.52 bits per heavy atom. The Bertz CT molecular complexity index is 735. The normalized spacial score (nSPS) is 10.2. The van der Waals surface area contributed by atoms with Gasteiger partial charge in [0.05, 0.1) is 29.9 Å². The van der Waals surface area contributed by atoms with Crippen molar-refractivity contribution in [1.29, 1.82) is 0 Å². The lowest BCUT2D eigenvalue weighted by Gasteiger charge is -2.21. The van der Waals surface area contributed by atoms with E-state index in [1.54, 1.807) is 23.1 Å². The van der Waals surface area contributed by atoms with Crippen molar-refractivity contribution in [2.45, 2.75) is 13.5 Å². The van der Waals surface area contributed by atoms with Gasteiger partial charge >= 0.3 is 5.97 Å². The largest absolute Gasteiger partial charge is 0.465 e. The molecule has 2 aromatic rings. The van der Waals surface area contributed by atoms with Crippen LogP contribution >= 0.6 is 11.6 Å². The molecule has 0 aliphatic rings. The van der Waals surface area contributed by atoms with Gasteiger partial charge in [0, 0.05) is 13.1 Å². The quantitative estimate of drug-likeness (QED) is 0.766. The zero-order valence-corrected chi connectivity index (χ0v) is 15.0. The average molecular weight is 361 g/mol. The molecule has 0 aliphatic heterocycles. The zero-order valence-electron chi connectivity index (χ0n) is 14.3. The Kier molecular flexibility index (Phi) is 6.83. The minimum Gasteiger partial charge on any atom is -0.465 e. The minimum atomic E-state index is -0.453. The summed E-state index contributed by atoms with van der Waals surface area (Å²) in [5.74, 6) is -0.504. The van der Waals surface area contributed by atoms with Gasteiger partial charge in [0.1, 0.15) is 0 Å². The number of hydrogen-bond acceptors (Lipinski definition) is 4. The molecule has 0 aromatic heterocycles. The van der Waals surface area contributed by atoms with E-state index in [0.29, 0.717) is 29.4 Å². The third kappa shape index (κ3) is 5.22. The Morgan fingerprint density at radius 1 is 1.16 bits per heavy atom. The first kappa shape index (κ1) is 18.8. The summed E-state index contributed by atoms with van der Waals surface area (Å²) in [7, 11) is 1.32. The molecule has 0 unspecified atom stereocenters. The highest BCUT2D eigenvalue weighted by molar-refractivity contribution is 6.33. The summed E-state index contributed by atoms with van der Waals surface area (Å²) >= 11 is 6.13. The Labute approximate surface area is 152 Å². The van der Waals surface area contributed by atoms with E-state index in [1.165, 1.54) is 7.11 Å². The number of esters is 1. The molecule has 5 nitrogen and oxygen atoms in total. The number of anilines is 1. The fourth-order valence-electron chi connectivity index (χ4n) is 2.37. The first-order valence-electron chi connectivity index (χ1n) is 7.98. The number of benzene rings is 2. The van der Waals surface area contributed by atoms with Gasteiger partial charge in [-0.05, 0) is 30.7 Å². The number of halogens is 1. The molecule has 2 rings (SSSR count). The number of rotatable bonds is 7. The molecule has 6 heteroatoms. The number of likely N-dealkylation sites (N-methyl/N-ethyl adjacent to an activating group) is 1. The van der Waals surface area contributed by atoms with Crippen molar-refractivity contribution in [3.63, 3.8) is 0 Å². The first-order chi connectivity index (χ1) is 12.0. The Morgan fingerprint density at radius 2 is 1.88 bits per heavy atom. The van der Waals surface area contributed by atoms with Crippen LogP contribution < -0.4 is 5.32 Å². The van der Waals surface area contributed by atoms with Crippen molar-refractivity contribution in [2.75, 3.05) is 25.5 Å². The second kappa shape index (κ2) is 9.08. The summed E-state index contributed by atoms with van der Waals surface area (Å²) in [6.45, 7) is 3.18. The molecule has 0 heterocycles. The maximum absolute atomic E-state index is 12.5. The molecule has 0 bridgehead atoms. The van der Waals surface area contributed by atoms with E-state index in [1.807, 2.05) is 37.3 Å². The van der Waals surface area contributed by atoms with Crippen molar-refractivity contribution in [2.24, 2.45) is 0 Å². The molecule has 0 aliphatic carbocycles. The third-order valence-electron chi connectivity index (χ3n) is 3.77. The van der Waals surface area contributed by atoms with Crippen molar-refractivity contribution in [1.82, 2.24) is 4.90 Å². The van der Waals surface area contributed by atoms with Crippen LogP contribution in [0.1, 0.15) is 22.8 Å². The number of ether oxygens (including phenoxy) is 1. The number of carbonyl (C=O) groups excluding carboxylic acids is 2. The van der Waals surface area contributed by atoms with E-state index < -0.39 is 5.97 Å². The first-order valence-corrected chi connectivity index (χ1v) is 8.36. The summed E-state index contributed by atoms with van der Waals surface area (Å²) < 4.78 is 4.69. The highest BCUT2D eigenvalue weighted by atomic mass is 35.5. The third-order valence-corrected chi connectivity index (χ3v) is 4.10. The molecule has 0 fully saturated rings. The van der Waals surface area contributed by atoms with Crippen LogP contribution in [0.2, 0.25) is 5.02 Å². The van der Waals surface area contributed by atoms with Gasteiger partial charge in [-0.1, -0.05) is 41.9 Å². The van der Waals surface area contributed by atoms with Gasteiger partial charge in [-0.15, -0.1) is 0 Å². The summed E-state index contributed by atoms with van der Waals surface area (Å²) in [6, 6.07) is 14.6. The van der Waals surface area contributed by atoms with Crippen LogP contribution in [0.3, 0.4) is 0 Å². The van der Waals surface area contributed by atoms with E-state index in [2.05, 4.69) is 5.32 Å². The highest BCUT2D eigenvalue weighted by Gasteiger charge is 2.14. The van der Waals surface area contributed by atoms with Gasteiger partial charge in [0.15, 0.2) is 0 Å². The standard InChI is InChI=1S/C19H21ClN2O3/c1-3-22(13-14-7-5-4-6-8-14)18(23)12-21-17-11-15(19(24)25-2)9-10-16(17)20/h4-11,21H,3,12-13H2,1-2H3. The summed E-state index contributed by atoms with van der Waals surface area (Å²) in [5.41, 5.74) is 1.97. The summed E-state index contributed by atoms with van der Waals surface area (Å²) in [4.78, 5) is 25.8. The molecule has 1 amide bonds. The lowest BCUT2D eigenvalue weighted by Crippen LogP contribution is -2.35. The number of nitrogens with zero attached hydrogens (tertiary/aromatic N) is 1. The fourth-order valence-corrected chi connectivity index (χ4v) is 2.55. The van der Waals surface area contributed by atoms with Gasteiger partial charge in [0.25, 0.3) is 0 Å². The molecule has 0 spiro atoms. The molecular weight excluding hydrogens is 340 g/mol.